The SMILES string of the molecule is COC(O)N1CC[C@H]2CC[C@@H](C(=O)N[C@@H](CCC(N)=O)C(=O)N[C@@H](Cc3ccc(F)c(F)c3)C(=O)N3CCC(CCCc4ccc5c(c4)n(C)c(=O)n5C4CCC(=O)NC4=O)CC3)N2C(=O)[C@@H](NC(=O)OC(C)(C)C)C1. The largest absolute Gasteiger partial charge is 0.444 e. The van der Waals surface area contributed by atoms with Crippen LogP contribution >= 0.6 is 0 Å². The number of likely N-dealkylation sites (tertiary alicyclic amines) is 1. The zero-order valence-corrected chi connectivity index (χ0v) is 43.6. The number of carbonyl (C=O) groups excluding carboxylic acids is 8. The number of rotatable bonds is 18. The van der Waals surface area contributed by atoms with Crippen LogP contribution in [0.4, 0.5) is 13.6 Å². The van der Waals surface area contributed by atoms with Gasteiger partial charge in [-0.2, -0.15) is 0 Å². The van der Waals surface area contributed by atoms with Gasteiger partial charge in [-0.15, -0.1) is 0 Å². The number of aryl methyl sites for hydroxylation is 2. The van der Waals surface area contributed by atoms with Gasteiger partial charge in [-0.1, -0.05) is 12.1 Å². The Balaban J connectivity index is 1.01. The maximum Gasteiger partial charge on any atom is 0.408 e. The number of alkyl carbamates (subject to hydrolysis) is 1. The van der Waals surface area contributed by atoms with Crippen LogP contribution in [0.2, 0.25) is 0 Å². The highest BCUT2D eigenvalue weighted by Gasteiger charge is 2.47. The van der Waals surface area contributed by atoms with Gasteiger partial charge in [-0.05, 0) is 126 Å². The second-order valence-electron chi connectivity index (χ2n) is 21.3. The normalized spacial score (nSPS) is 22.0. The number of imidazole rings is 1. The van der Waals surface area contributed by atoms with Crippen LogP contribution in [0.1, 0.15) is 109 Å². The number of amides is 8. The fourth-order valence-corrected chi connectivity index (χ4v) is 10.8. The third kappa shape index (κ3) is 13.8. The van der Waals surface area contributed by atoms with Gasteiger partial charge in [-0.3, -0.25) is 52.9 Å². The first kappa shape index (κ1) is 56.9. The van der Waals surface area contributed by atoms with Crippen molar-refractivity contribution in [1.82, 2.24) is 45.1 Å². The van der Waals surface area contributed by atoms with E-state index in [-0.39, 0.29) is 74.7 Å². The molecule has 0 aliphatic carbocycles. The van der Waals surface area contributed by atoms with E-state index in [0.29, 0.717) is 56.2 Å². The zero-order chi connectivity index (χ0) is 55.2. The molecule has 4 aliphatic heterocycles. The van der Waals surface area contributed by atoms with E-state index in [9.17, 15) is 57.0 Å². The van der Waals surface area contributed by atoms with Crippen molar-refractivity contribution < 1.29 is 61.7 Å². The van der Waals surface area contributed by atoms with E-state index in [1.165, 1.54) is 32.1 Å². The summed E-state index contributed by atoms with van der Waals surface area (Å²) in [5.74, 6) is -6.42. The van der Waals surface area contributed by atoms with Crippen LogP contribution in [0.3, 0.4) is 0 Å². The number of aromatic nitrogens is 2. The molecule has 7 N–H and O–H groups in total. The quantitative estimate of drug-likeness (QED) is 0.0780. The number of methoxy groups -OCH3 is 1. The Labute approximate surface area is 438 Å². The van der Waals surface area contributed by atoms with Crippen LogP contribution in [0.15, 0.2) is 41.2 Å². The molecule has 1 aromatic heterocycles. The first-order chi connectivity index (χ1) is 36.0. The molecular formula is C52H70F2N10O12. The molecule has 0 bridgehead atoms. The van der Waals surface area contributed by atoms with Crippen LogP contribution in [0.25, 0.3) is 11.0 Å². The summed E-state index contributed by atoms with van der Waals surface area (Å²) >= 11 is 0. The Kier molecular flexibility index (Phi) is 18.3. The Morgan fingerprint density at radius 3 is 2.28 bits per heavy atom. The molecule has 4 saturated heterocycles. The summed E-state index contributed by atoms with van der Waals surface area (Å²) in [7, 11) is 2.93. The molecule has 2 unspecified atom stereocenters. The summed E-state index contributed by atoms with van der Waals surface area (Å²) < 4.78 is 42.1. The maximum absolute atomic E-state index is 14.6. The van der Waals surface area contributed by atoms with Gasteiger partial charge in [0.25, 0.3) is 0 Å². The monoisotopic (exact) mass is 1060 g/mol. The number of halogens is 2. The number of hydrogen-bond donors (Lipinski definition) is 6. The summed E-state index contributed by atoms with van der Waals surface area (Å²) in [6, 6.07) is 2.29. The van der Waals surface area contributed by atoms with Crippen molar-refractivity contribution in [3.63, 3.8) is 0 Å². The number of imide groups is 1. The molecule has 5 heterocycles. The number of nitrogens with one attached hydrogen (secondary N) is 4. The lowest BCUT2D eigenvalue weighted by atomic mass is 9.90. The van der Waals surface area contributed by atoms with Crippen molar-refractivity contribution in [1.29, 1.82) is 0 Å². The van der Waals surface area contributed by atoms with Crippen molar-refractivity contribution in [2.45, 2.75) is 153 Å². The summed E-state index contributed by atoms with van der Waals surface area (Å²) in [6.07, 6.45) is 1.58. The number of ether oxygens (including phenoxy) is 2. The van der Waals surface area contributed by atoms with Gasteiger partial charge < -0.3 is 46.1 Å². The molecule has 4 fully saturated rings. The average Bonchev–Trinajstić information content (AvgIpc) is 3.91. The van der Waals surface area contributed by atoms with E-state index in [0.717, 1.165) is 30.5 Å². The number of nitrogens with zero attached hydrogens (tertiary/aromatic N) is 5. The highest BCUT2D eigenvalue weighted by Crippen LogP contribution is 2.31. The van der Waals surface area contributed by atoms with Crippen LogP contribution in [-0.2, 0) is 62.9 Å². The van der Waals surface area contributed by atoms with Gasteiger partial charge in [0, 0.05) is 65.6 Å². The van der Waals surface area contributed by atoms with E-state index in [1.54, 1.807) is 32.7 Å². The van der Waals surface area contributed by atoms with Gasteiger partial charge in [0.15, 0.2) is 11.6 Å². The Morgan fingerprint density at radius 1 is 0.882 bits per heavy atom. The molecule has 8 amide bonds. The molecule has 0 saturated carbocycles. The third-order valence-corrected chi connectivity index (χ3v) is 14.8. The highest BCUT2D eigenvalue weighted by molar-refractivity contribution is 6.00. The zero-order valence-electron chi connectivity index (χ0n) is 43.6. The summed E-state index contributed by atoms with van der Waals surface area (Å²) in [5.41, 5.74) is 6.70. The number of primary amides is 1. The molecule has 7 rings (SSSR count). The predicted molar refractivity (Wildman–Crippen MR) is 269 cm³/mol. The van der Waals surface area contributed by atoms with Crippen molar-refractivity contribution in [2.24, 2.45) is 18.7 Å². The van der Waals surface area contributed by atoms with E-state index >= 15 is 0 Å². The molecule has 4 aliphatic rings. The number of benzene rings is 2. The summed E-state index contributed by atoms with van der Waals surface area (Å²) in [5, 5.41) is 20.9. The number of hydrogen-bond acceptors (Lipinski definition) is 13. The van der Waals surface area contributed by atoms with Crippen LogP contribution in [-0.4, -0.2) is 152 Å². The molecule has 0 spiro atoms. The number of piperidine rings is 2. The number of aliphatic hydroxyl groups is 1. The molecule has 414 valence electrons. The first-order valence-electron chi connectivity index (χ1n) is 25.9. The minimum absolute atomic E-state index is 0.138. The van der Waals surface area contributed by atoms with Gasteiger partial charge in [0.05, 0.1) is 11.0 Å². The molecule has 2 aromatic carbocycles. The van der Waals surface area contributed by atoms with Crippen molar-refractivity contribution in [2.75, 3.05) is 33.3 Å². The van der Waals surface area contributed by atoms with Crippen molar-refractivity contribution in [3.8, 4) is 0 Å². The second kappa shape index (κ2) is 24.5. The first-order valence-corrected chi connectivity index (χ1v) is 25.9. The molecule has 7 atom stereocenters. The fourth-order valence-electron chi connectivity index (χ4n) is 10.8. The smallest absolute Gasteiger partial charge is 0.408 e. The minimum Gasteiger partial charge on any atom is -0.444 e. The Morgan fingerprint density at radius 2 is 1.61 bits per heavy atom. The maximum atomic E-state index is 14.6. The minimum atomic E-state index is -1.45. The van der Waals surface area contributed by atoms with E-state index in [2.05, 4.69) is 21.3 Å². The lowest BCUT2D eigenvalue weighted by Crippen LogP contribution is -2.63. The fraction of sp³-hybridized carbons (Fsp3) is 0.596. The van der Waals surface area contributed by atoms with Gasteiger partial charge in [0.2, 0.25) is 47.8 Å². The summed E-state index contributed by atoms with van der Waals surface area (Å²) in [6.45, 7) is 5.62. The number of aliphatic hydroxyl groups excluding tert-OH is 1. The van der Waals surface area contributed by atoms with Gasteiger partial charge in [0.1, 0.15) is 35.8 Å². The lowest BCUT2D eigenvalue weighted by molar-refractivity contribution is -0.184. The standard InChI is InChI=1S/C52H70F2N10O12/c1-52(2,3)76-49(72)58-37-28-62(51(74)75-5)24-21-32-11-15-39(63(32)48(37)71)45(68)56-35(13-17-42(55)65)44(67)57-36(26-31-9-12-33(53)34(54)25-31)47(70)61-22-19-29(20-23-61)7-6-8-30-10-14-38-41(27-30)60(4)50(73)64(38)40-16-18-43(66)59-46(40)69/h9-10,12,14,25,27,29,32,35-37,39-40,51,74H,6-8,11,13,15-24,26,28H2,1-5H3,(H2,55,65)(H,56,68)(H,57,67)(H,58,72)(H,59,66,69)/t32-,35+,36+,37+,39+,40?,51?/m1/s1. The molecule has 0 radical (unpaired) electrons. The van der Waals surface area contributed by atoms with Crippen LogP contribution in [0, 0.1) is 17.6 Å². The number of carbonyl (C=O) groups is 8. The van der Waals surface area contributed by atoms with Crippen molar-refractivity contribution >= 4 is 58.5 Å². The molecule has 76 heavy (non-hydrogen) atoms. The van der Waals surface area contributed by atoms with E-state index in [1.807, 2.05) is 18.2 Å². The Hall–Kier alpha value is -6.79. The van der Waals surface area contributed by atoms with E-state index in [4.69, 9.17) is 15.2 Å². The van der Waals surface area contributed by atoms with Crippen molar-refractivity contribution in [3.05, 3.63) is 69.6 Å². The van der Waals surface area contributed by atoms with Gasteiger partial charge >= 0.3 is 11.8 Å². The third-order valence-electron chi connectivity index (χ3n) is 14.8. The second-order valence-corrected chi connectivity index (χ2v) is 21.3. The summed E-state index contributed by atoms with van der Waals surface area (Å²) in [4.78, 5) is 125. The number of fused-ring (bicyclic) bond motifs is 2. The van der Waals surface area contributed by atoms with E-state index < -0.39 is 101 Å². The molecule has 24 heteroatoms. The number of nitrogens with two attached hydrogens (primary N) is 1. The Bertz CT molecular complexity index is 2750. The average molecular weight is 1070 g/mol. The molecule has 22 nitrogen and oxygen atoms in total. The topological polar surface area (TPSA) is 286 Å². The lowest BCUT2D eigenvalue weighted by Gasteiger charge is -2.39. The highest BCUT2D eigenvalue weighted by atomic mass is 19.2. The van der Waals surface area contributed by atoms with Crippen LogP contribution < -0.4 is 32.7 Å². The molecule has 3 aromatic rings. The van der Waals surface area contributed by atoms with Gasteiger partial charge in [-0.25, -0.2) is 18.4 Å². The van der Waals surface area contributed by atoms with Crippen LogP contribution in [0.5, 0.6) is 0 Å². The predicted octanol–water partition coefficient (Wildman–Crippen LogP) is 1.52. The molecular weight excluding hydrogens is 995 g/mol.